The Morgan fingerprint density at radius 3 is 2.38 bits per heavy atom. The molecule has 0 heterocycles. The van der Waals surface area contributed by atoms with Gasteiger partial charge in [0.1, 0.15) is 18.2 Å². The van der Waals surface area contributed by atoms with E-state index >= 15 is 0 Å². The first-order valence-electron chi connectivity index (χ1n) is 9.19. The number of aliphatic hydroxyl groups is 1. The Hall–Kier alpha value is -2.62. The molecule has 0 aliphatic rings. The van der Waals surface area contributed by atoms with E-state index in [0.717, 1.165) is 16.2 Å². The molecule has 2 unspecified atom stereocenters. The van der Waals surface area contributed by atoms with Crippen molar-refractivity contribution >= 4 is 19.2 Å². The van der Waals surface area contributed by atoms with Crippen molar-refractivity contribution in [2.45, 2.75) is 19.6 Å². The Bertz CT molecular complexity index is 961. The molecule has 0 spiro atoms. The number of hydrogen-bond donors (Lipinski definition) is 1. The number of methoxy groups -OCH3 is 2. The molecule has 1 N–H and O–H groups in total. The first-order chi connectivity index (χ1) is 14.0. The highest BCUT2D eigenvalue weighted by atomic mass is 31.1. The monoisotopic (exact) mass is 414 g/mol. The molecular formula is C23H24FO4P. The van der Waals surface area contributed by atoms with Crippen LogP contribution >= 0.6 is 8.58 Å². The number of ether oxygens (including phenoxy) is 3. The maximum Gasteiger partial charge on any atom is 0.169 e. The van der Waals surface area contributed by atoms with Gasteiger partial charge in [-0.1, -0.05) is 45.0 Å². The summed E-state index contributed by atoms with van der Waals surface area (Å²) >= 11 is 0. The van der Waals surface area contributed by atoms with Crippen molar-refractivity contribution in [3.8, 4) is 17.2 Å². The van der Waals surface area contributed by atoms with Gasteiger partial charge >= 0.3 is 0 Å². The summed E-state index contributed by atoms with van der Waals surface area (Å²) in [5, 5.41) is 11.8. The van der Waals surface area contributed by atoms with Crippen LogP contribution < -0.4 is 24.8 Å². The number of hydrogen-bond acceptors (Lipinski definition) is 4. The fourth-order valence-corrected chi connectivity index (χ4v) is 4.36. The van der Waals surface area contributed by atoms with E-state index in [1.54, 1.807) is 33.3 Å². The standard InChI is InChI=1S/C23H24FO4P/c1-15(25)19-11-17(24)9-10-21(19)29-22-13-18(26-2)12-20(27-3)23(22)28-14-16-7-5-4-6-8-16/h4-13,15,25,29H,14H2,1-3H3. The zero-order valence-corrected chi connectivity index (χ0v) is 17.6. The van der Waals surface area contributed by atoms with Gasteiger partial charge in [0.05, 0.1) is 20.3 Å². The molecule has 6 heteroatoms. The van der Waals surface area contributed by atoms with Gasteiger partial charge in [0.2, 0.25) is 0 Å². The second-order valence-electron chi connectivity index (χ2n) is 6.51. The molecule has 29 heavy (non-hydrogen) atoms. The van der Waals surface area contributed by atoms with Gasteiger partial charge in [-0.15, -0.1) is 0 Å². The second kappa shape index (κ2) is 9.73. The summed E-state index contributed by atoms with van der Waals surface area (Å²) in [4.78, 5) is 0. The fourth-order valence-electron chi connectivity index (χ4n) is 2.96. The lowest BCUT2D eigenvalue weighted by molar-refractivity contribution is 0.200. The van der Waals surface area contributed by atoms with Crippen LogP contribution in [0.1, 0.15) is 24.2 Å². The molecule has 0 saturated carbocycles. The Kier molecular flexibility index (Phi) is 7.08. The minimum Gasteiger partial charge on any atom is -0.497 e. The van der Waals surface area contributed by atoms with Gasteiger partial charge in [-0.2, -0.15) is 0 Å². The van der Waals surface area contributed by atoms with Crippen LogP contribution in [0.15, 0.2) is 60.7 Å². The van der Waals surface area contributed by atoms with Gasteiger partial charge < -0.3 is 19.3 Å². The summed E-state index contributed by atoms with van der Waals surface area (Å²) in [6.45, 7) is 2.01. The summed E-state index contributed by atoms with van der Waals surface area (Å²) in [6.07, 6.45) is -0.783. The highest BCUT2D eigenvalue weighted by molar-refractivity contribution is 7.56. The molecule has 0 aromatic heterocycles. The lowest BCUT2D eigenvalue weighted by Crippen LogP contribution is -2.15. The normalized spacial score (nSPS) is 12.2. The predicted octanol–water partition coefficient (Wildman–Crippen LogP) is 4.10. The van der Waals surface area contributed by atoms with Crippen LogP contribution in [0.4, 0.5) is 4.39 Å². The predicted molar refractivity (Wildman–Crippen MR) is 115 cm³/mol. The van der Waals surface area contributed by atoms with Crippen molar-refractivity contribution in [1.82, 2.24) is 0 Å². The van der Waals surface area contributed by atoms with E-state index in [0.29, 0.717) is 29.4 Å². The van der Waals surface area contributed by atoms with Gasteiger partial charge in [-0.05, 0) is 41.6 Å². The Balaban J connectivity index is 2.00. The van der Waals surface area contributed by atoms with E-state index in [-0.39, 0.29) is 14.4 Å². The summed E-state index contributed by atoms with van der Waals surface area (Å²) in [6, 6.07) is 18.0. The zero-order chi connectivity index (χ0) is 20.8. The zero-order valence-electron chi connectivity index (χ0n) is 16.6. The van der Waals surface area contributed by atoms with E-state index in [4.69, 9.17) is 14.2 Å². The van der Waals surface area contributed by atoms with Crippen LogP contribution in [0.2, 0.25) is 0 Å². The van der Waals surface area contributed by atoms with Crippen molar-refractivity contribution in [2.75, 3.05) is 14.2 Å². The molecule has 3 aromatic rings. The third-order valence-corrected chi connectivity index (χ3v) is 5.81. The number of rotatable bonds is 8. The highest BCUT2D eigenvalue weighted by Crippen LogP contribution is 2.35. The van der Waals surface area contributed by atoms with Crippen molar-refractivity contribution in [3.63, 3.8) is 0 Å². The molecule has 0 aliphatic carbocycles. The number of aliphatic hydroxyl groups excluding tert-OH is 1. The minimum atomic E-state index is -0.783. The molecule has 0 amide bonds. The Labute approximate surface area is 172 Å². The first kappa shape index (κ1) is 21.1. The third kappa shape index (κ3) is 5.26. The molecule has 0 radical (unpaired) electrons. The Morgan fingerprint density at radius 2 is 1.72 bits per heavy atom. The molecule has 3 rings (SSSR count). The van der Waals surface area contributed by atoms with E-state index in [1.807, 2.05) is 36.4 Å². The summed E-state index contributed by atoms with van der Waals surface area (Å²) in [7, 11) is 3.29. The SMILES string of the molecule is COc1cc(OC)c(OCc2ccccc2)c(Pc2ccc(F)cc2C(C)O)c1. The van der Waals surface area contributed by atoms with Crippen LogP contribution in [-0.4, -0.2) is 19.3 Å². The first-order valence-corrected chi connectivity index (χ1v) is 10.2. The lowest BCUT2D eigenvalue weighted by atomic mass is 10.1. The van der Waals surface area contributed by atoms with Crippen molar-refractivity contribution < 1.29 is 23.7 Å². The summed E-state index contributed by atoms with van der Waals surface area (Å²) < 4.78 is 30.8. The average Bonchev–Trinajstić information content (AvgIpc) is 2.74. The minimum absolute atomic E-state index is 0.118. The van der Waals surface area contributed by atoms with Crippen molar-refractivity contribution in [3.05, 3.63) is 77.6 Å². The second-order valence-corrected chi connectivity index (χ2v) is 7.84. The topological polar surface area (TPSA) is 47.9 Å². The van der Waals surface area contributed by atoms with Gasteiger partial charge in [0.25, 0.3) is 0 Å². The summed E-state index contributed by atoms with van der Waals surface area (Å²) in [5.41, 5.74) is 1.59. The Morgan fingerprint density at radius 1 is 0.966 bits per heavy atom. The molecule has 4 nitrogen and oxygen atoms in total. The largest absolute Gasteiger partial charge is 0.497 e. The van der Waals surface area contributed by atoms with E-state index < -0.39 is 6.10 Å². The summed E-state index contributed by atoms with van der Waals surface area (Å²) in [5.74, 6) is 1.43. The van der Waals surface area contributed by atoms with E-state index in [1.165, 1.54) is 12.1 Å². The van der Waals surface area contributed by atoms with Crippen LogP contribution in [0.5, 0.6) is 17.2 Å². The smallest absolute Gasteiger partial charge is 0.169 e. The fraction of sp³-hybridized carbons (Fsp3) is 0.217. The van der Waals surface area contributed by atoms with Gasteiger partial charge in [0, 0.05) is 11.4 Å². The molecule has 0 aliphatic heterocycles. The van der Waals surface area contributed by atoms with Crippen molar-refractivity contribution in [2.24, 2.45) is 0 Å². The van der Waals surface area contributed by atoms with Crippen LogP contribution in [0.25, 0.3) is 0 Å². The van der Waals surface area contributed by atoms with Crippen LogP contribution in [0.3, 0.4) is 0 Å². The van der Waals surface area contributed by atoms with Crippen LogP contribution in [-0.2, 0) is 6.61 Å². The van der Waals surface area contributed by atoms with E-state index in [9.17, 15) is 9.50 Å². The maximum atomic E-state index is 13.7. The third-order valence-electron chi connectivity index (χ3n) is 4.44. The molecule has 2 atom stereocenters. The lowest BCUT2D eigenvalue weighted by Gasteiger charge is -2.18. The van der Waals surface area contributed by atoms with Gasteiger partial charge in [-0.25, -0.2) is 4.39 Å². The highest BCUT2D eigenvalue weighted by Gasteiger charge is 2.18. The number of benzene rings is 3. The molecule has 0 bridgehead atoms. The molecular weight excluding hydrogens is 390 g/mol. The van der Waals surface area contributed by atoms with Gasteiger partial charge in [0.15, 0.2) is 11.5 Å². The quantitative estimate of drug-likeness (QED) is 0.564. The van der Waals surface area contributed by atoms with E-state index in [2.05, 4.69) is 0 Å². The maximum absolute atomic E-state index is 13.7. The molecule has 0 saturated heterocycles. The average molecular weight is 414 g/mol. The molecule has 152 valence electrons. The molecule has 0 fully saturated rings. The van der Waals surface area contributed by atoms with Crippen molar-refractivity contribution in [1.29, 1.82) is 0 Å². The number of halogens is 1. The molecule has 3 aromatic carbocycles. The van der Waals surface area contributed by atoms with Crippen LogP contribution in [0, 0.1) is 5.82 Å². The van der Waals surface area contributed by atoms with Gasteiger partial charge in [-0.3, -0.25) is 0 Å².